The maximum absolute atomic E-state index is 6.76. The highest BCUT2D eigenvalue weighted by molar-refractivity contribution is 4.52. The smallest absolute Gasteiger partial charge is 0.0596 e. The molecular formula is C27H56N2. The van der Waals surface area contributed by atoms with Crippen LogP contribution in [0.4, 0.5) is 0 Å². The van der Waals surface area contributed by atoms with Crippen LogP contribution in [0.2, 0.25) is 0 Å². The first-order valence-corrected chi connectivity index (χ1v) is 13.7. The number of rotatable bonds is 26. The highest BCUT2D eigenvalue weighted by Gasteiger charge is 1.96. The van der Waals surface area contributed by atoms with Crippen LogP contribution in [0.25, 0.3) is 0 Å². The first-order chi connectivity index (χ1) is 14.4. The molecule has 0 unspecified atom stereocenters. The van der Waals surface area contributed by atoms with Gasteiger partial charge in [-0.05, 0) is 6.42 Å². The van der Waals surface area contributed by atoms with E-state index in [0.29, 0.717) is 0 Å². The van der Waals surface area contributed by atoms with Crippen molar-refractivity contribution in [2.75, 3.05) is 6.54 Å². The summed E-state index contributed by atoms with van der Waals surface area (Å²) in [6, 6.07) is 0. The van der Waals surface area contributed by atoms with Crippen LogP contribution in [0.3, 0.4) is 0 Å². The summed E-state index contributed by atoms with van der Waals surface area (Å²) in [5.74, 6) is 0. The number of nitrogens with one attached hydrogen (secondary N) is 1. The Kier molecular flexibility index (Phi) is 27.2. The second kappa shape index (κ2) is 27.6. The summed E-state index contributed by atoms with van der Waals surface area (Å²) >= 11 is 0. The van der Waals surface area contributed by atoms with Gasteiger partial charge in [-0.3, -0.25) is 0 Å². The Morgan fingerprint density at radius 3 is 0.759 bits per heavy atom. The lowest BCUT2D eigenvalue weighted by molar-refractivity contribution is 0.516. The lowest BCUT2D eigenvalue weighted by Gasteiger charge is -2.04. The molecule has 0 aromatic heterocycles. The average Bonchev–Trinajstić information content (AvgIpc) is 2.74. The lowest BCUT2D eigenvalue weighted by Crippen LogP contribution is -1.85. The first kappa shape index (κ1) is 28.6. The van der Waals surface area contributed by atoms with E-state index in [2.05, 4.69) is 12.0 Å². The van der Waals surface area contributed by atoms with Gasteiger partial charge in [-0.2, -0.15) is 5.11 Å². The van der Waals surface area contributed by atoms with E-state index in [4.69, 9.17) is 5.53 Å². The van der Waals surface area contributed by atoms with Crippen LogP contribution in [0.5, 0.6) is 0 Å². The predicted octanol–water partition coefficient (Wildman–Crippen LogP) is 10.8. The van der Waals surface area contributed by atoms with Crippen molar-refractivity contribution in [3.63, 3.8) is 0 Å². The molecule has 0 bridgehead atoms. The summed E-state index contributed by atoms with van der Waals surface area (Å²) in [7, 11) is 0. The minimum absolute atomic E-state index is 0.735. The zero-order valence-electron chi connectivity index (χ0n) is 20.3. The van der Waals surface area contributed by atoms with Crippen LogP contribution in [-0.2, 0) is 0 Å². The maximum atomic E-state index is 6.76. The predicted molar refractivity (Wildman–Crippen MR) is 131 cm³/mol. The molecule has 0 aromatic carbocycles. The summed E-state index contributed by atoms with van der Waals surface area (Å²) in [4.78, 5) is 0. The molecule has 0 fully saturated rings. The molecule has 2 heteroatoms. The van der Waals surface area contributed by atoms with E-state index in [0.717, 1.165) is 13.0 Å². The number of hydrogen-bond acceptors (Lipinski definition) is 2. The Labute approximate surface area is 184 Å². The Morgan fingerprint density at radius 1 is 0.345 bits per heavy atom. The van der Waals surface area contributed by atoms with Crippen LogP contribution in [0.1, 0.15) is 167 Å². The largest absolute Gasteiger partial charge is 0.210 e. The topological polar surface area (TPSA) is 36.2 Å². The third-order valence-electron chi connectivity index (χ3n) is 6.37. The van der Waals surface area contributed by atoms with Gasteiger partial charge in [-0.15, -0.1) is 0 Å². The van der Waals surface area contributed by atoms with Gasteiger partial charge in [0.05, 0.1) is 6.54 Å². The highest BCUT2D eigenvalue weighted by Crippen LogP contribution is 2.15. The average molecular weight is 409 g/mol. The molecule has 0 aromatic rings. The van der Waals surface area contributed by atoms with Crippen molar-refractivity contribution in [2.24, 2.45) is 5.11 Å². The molecule has 0 saturated carbocycles. The zero-order chi connectivity index (χ0) is 21.1. The van der Waals surface area contributed by atoms with Crippen LogP contribution >= 0.6 is 0 Å². The molecule has 0 heterocycles. The van der Waals surface area contributed by atoms with Crippen molar-refractivity contribution in [1.82, 2.24) is 0 Å². The quantitative estimate of drug-likeness (QED) is 0.109. The fourth-order valence-corrected chi connectivity index (χ4v) is 4.33. The molecule has 0 aliphatic heterocycles. The third kappa shape index (κ3) is 27.6. The van der Waals surface area contributed by atoms with Crippen molar-refractivity contribution in [1.29, 1.82) is 5.53 Å². The highest BCUT2D eigenvalue weighted by atomic mass is 14.9. The molecule has 0 aliphatic rings. The second-order valence-electron chi connectivity index (χ2n) is 9.37. The van der Waals surface area contributed by atoms with Crippen molar-refractivity contribution in [2.45, 2.75) is 167 Å². The summed E-state index contributed by atoms with van der Waals surface area (Å²) in [6.07, 6.45) is 35.8. The van der Waals surface area contributed by atoms with Gasteiger partial charge in [0.15, 0.2) is 0 Å². The van der Waals surface area contributed by atoms with E-state index in [-0.39, 0.29) is 0 Å². The van der Waals surface area contributed by atoms with Gasteiger partial charge < -0.3 is 0 Å². The Hall–Kier alpha value is -0.400. The van der Waals surface area contributed by atoms with Crippen LogP contribution in [-0.4, -0.2) is 6.54 Å². The third-order valence-corrected chi connectivity index (χ3v) is 6.37. The van der Waals surface area contributed by atoms with Crippen molar-refractivity contribution in [3.8, 4) is 0 Å². The summed E-state index contributed by atoms with van der Waals surface area (Å²) in [6.45, 7) is 3.03. The van der Waals surface area contributed by atoms with Gasteiger partial charge in [0.1, 0.15) is 0 Å². The Bertz CT molecular complexity index is 290. The minimum Gasteiger partial charge on any atom is -0.210 e. The Balaban J connectivity index is 2.97. The van der Waals surface area contributed by atoms with Crippen LogP contribution in [0, 0.1) is 5.53 Å². The van der Waals surface area contributed by atoms with E-state index >= 15 is 0 Å². The Morgan fingerprint density at radius 2 is 0.552 bits per heavy atom. The molecule has 0 spiro atoms. The first-order valence-electron chi connectivity index (χ1n) is 13.7. The van der Waals surface area contributed by atoms with E-state index in [9.17, 15) is 0 Å². The van der Waals surface area contributed by atoms with Crippen molar-refractivity contribution in [3.05, 3.63) is 0 Å². The summed E-state index contributed by atoms with van der Waals surface area (Å²) in [5, 5.41) is 3.41. The summed E-state index contributed by atoms with van der Waals surface area (Å²) < 4.78 is 0. The summed E-state index contributed by atoms with van der Waals surface area (Å²) in [5.41, 5.74) is 6.76. The lowest BCUT2D eigenvalue weighted by atomic mass is 10.0. The van der Waals surface area contributed by atoms with E-state index in [1.165, 1.54) is 154 Å². The minimum atomic E-state index is 0.735. The fraction of sp³-hybridized carbons (Fsp3) is 1.00. The number of hydrogen-bond donors (Lipinski definition) is 1. The van der Waals surface area contributed by atoms with Gasteiger partial charge in [0.25, 0.3) is 0 Å². The molecule has 1 N–H and O–H groups in total. The van der Waals surface area contributed by atoms with Crippen molar-refractivity contribution >= 4 is 0 Å². The molecule has 174 valence electrons. The molecule has 0 aliphatic carbocycles. The van der Waals surface area contributed by atoms with Gasteiger partial charge >= 0.3 is 0 Å². The number of unbranched alkanes of at least 4 members (excludes halogenated alkanes) is 24. The second-order valence-corrected chi connectivity index (χ2v) is 9.37. The van der Waals surface area contributed by atoms with Gasteiger partial charge in [-0.1, -0.05) is 161 Å². The van der Waals surface area contributed by atoms with Gasteiger partial charge in [0.2, 0.25) is 0 Å². The maximum Gasteiger partial charge on any atom is 0.0596 e. The molecule has 0 radical (unpaired) electrons. The standard InChI is InChI=1S/C27H56N2/c1-2-3-4-5-6-7-8-9-10-11-12-13-14-15-16-17-18-19-20-21-22-23-24-25-26-27-29-28/h28H,2-27H2,1H3. The van der Waals surface area contributed by atoms with E-state index < -0.39 is 0 Å². The fourth-order valence-electron chi connectivity index (χ4n) is 4.33. The van der Waals surface area contributed by atoms with Gasteiger partial charge in [0, 0.05) is 0 Å². The molecular weight excluding hydrogens is 352 g/mol. The van der Waals surface area contributed by atoms with Crippen LogP contribution in [0.15, 0.2) is 5.11 Å². The van der Waals surface area contributed by atoms with Crippen molar-refractivity contribution < 1.29 is 0 Å². The monoisotopic (exact) mass is 408 g/mol. The molecule has 0 rings (SSSR count). The molecule has 0 amide bonds. The molecule has 0 saturated heterocycles. The normalized spacial score (nSPS) is 11.2. The molecule has 0 atom stereocenters. The molecule has 29 heavy (non-hydrogen) atoms. The zero-order valence-corrected chi connectivity index (χ0v) is 20.3. The SMILES string of the molecule is CCCCCCCCCCCCCCCCCCCCCCCCCCCN=N. The van der Waals surface area contributed by atoms with E-state index in [1.54, 1.807) is 0 Å². The van der Waals surface area contributed by atoms with E-state index in [1.807, 2.05) is 0 Å². The van der Waals surface area contributed by atoms with Crippen LogP contribution < -0.4 is 0 Å². The number of nitrogens with zero attached hydrogens (tertiary/aromatic N) is 1. The van der Waals surface area contributed by atoms with Gasteiger partial charge in [-0.25, -0.2) is 5.53 Å². The molecule has 2 nitrogen and oxygen atoms in total.